The van der Waals surface area contributed by atoms with E-state index in [4.69, 9.17) is 8.83 Å². The summed E-state index contributed by atoms with van der Waals surface area (Å²) in [5, 5.41) is 6.62. The second-order valence-electron chi connectivity index (χ2n) is 8.42. The highest BCUT2D eigenvalue weighted by Crippen LogP contribution is 2.34. The van der Waals surface area contributed by atoms with Gasteiger partial charge in [0.25, 0.3) is 11.5 Å². The third kappa shape index (κ3) is 3.52. The van der Waals surface area contributed by atoms with Gasteiger partial charge in [-0.1, -0.05) is 6.42 Å². The lowest BCUT2D eigenvalue weighted by Crippen LogP contribution is -2.34. The highest BCUT2D eigenvalue weighted by Gasteiger charge is 2.36. The molecule has 4 aromatic heterocycles. The van der Waals surface area contributed by atoms with Crippen molar-refractivity contribution in [2.75, 3.05) is 0 Å². The predicted molar refractivity (Wildman–Crippen MR) is 123 cm³/mol. The van der Waals surface area contributed by atoms with Gasteiger partial charge in [0, 0.05) is 11.3 Å². The Labute approximate surface area is 193 Å². The Morgan fingerprint density at radius 1 is 1.12 bits per heavy atom. The minimum Gasteiger partial charge on any atom is -0.467 e. The lowest BCUT2D eigenvalue weighted by Gasteiger charge is -2.20. The van der Waals surface area contributed by atoms with Crippen molar-refractivity contribution in [1.82, 2.24) is 14.6 Å². The van der Waals surface area contributed by atoms with Crippen molar-refractivity contribution in [3.63, 3.8) is 0 Å². The zero-order valence-corrected chi connectivity index (χ0v) is 18.7. The summed E-state index contributed by atoms with van der Waals surface area (Å²) in [6, 6.07) is 6.82. The van der Waals surface area contributed by atoms with Crippen molar-refractivity contribution < 1.29 is 13.6 Å². The molecule has 1 amide bonds. The summed E-state index contributed by atoms with van der Waals surface area (Å²) in [5.74, 6) is 0.948. The predicted octanol–water partition coefficient (Wildman–Crippen LogP) is 4.29. The van der Waals surface area contributed by atoms with Crippen LogP contribution in [0.2, 0.25) is 0 Å². The summed E-state index contributed by atoms with van der Waals surface area (Å²) in [4.78, 5) is 33.3. The van der Waals surface area contributed by atoms with E-state index in [-0.39, 0.29) is 18.0 Å². The van der Waals surface area contributed by atoms with Crippen LogP contribution in [0.4, 0.5) is 0 Å². The number of amides is 1. The number of thiophene rings is 1. The lowest BCUT2D eigenvalue weighted by molar-refractivity contribution is -0.134. The van der Waals surface area contributed by atoms with E-state index in [1.807, 2.05) is 12.1 Å². The molecule has 5 heterocycles. The van der Waals surface area contributed by atoms with Crippen LogP contribution < -0.4 is 5.56 Å². The number of fused-ring (bicyclic) bond motifs is 3. The van der Waals surface area contributed by atoms with Crippen LogP contribution in [0.5, 0.6) is 0 Å². The van der Waals surface area contributed by atoms with Gasteiger partial charge in [0.2, 0.25) is 0 Å². The number of aryl methyl sites for hydroxylation is 2. The highest BCUT2D eigenvalue weighted by atomic mass is 32.1. The van der Waals surface area contributed by atoms with E-state index < -0.39 is 6.04 Å². The van der Waals surface area contributed by atoms with Gasteiger partial charge < -0.3 is 8.83 Å². The van der Waals surface area contributed by atoms with Crippen LogP contribution in [0, 0.1) is 0 Å². The number of carbonyl (C=O) groups is 1. The van der Waals surface area contributed by atoms with E-state index in [0.717, 1.165) is 36.1 Å². The Morgan fingerprint density at radius 3 is 2.79 bits per heavy atom. The average Bonchev–Trinajstić information content (AvgIpc) is 3.60. The number of hydrogen-bond donors (Lipinski definition) is 0. The number of furan rings is 2. The largest absolute Gasteiger partial charge is 0.467 e. The van der Waals surface area contributed by atoms with Crippen LogP contribution in [-0.4, -0.2) is 26.2 Å². The molecule has 9 heteroatoms. The molecule has 4 aromatic rings. The Bertz CT molecular complexity index is 1400. The molecule has 0 saturated heterocycles. The van der Waals surface area contributed by atoms with Gasteiger partial charge in [-0.3, -0.25) is 14.2 Å². The SMILES string of the molecule is O=C(Cn1cnc2sc3c(c2c1=O)CCCCC3)N1N=C(c2ccco2)CC1c1ccco1. The highest BCUT2D eigenvalue weighted by molar-refractivity contribution is 7.18. The van der Waals surface area contributed by atoms with Crippen LogP contribution in [0.25, 0.3) is 10.2 Å². The Hall–Kier alpha value is -3.46. The molecule has 1 aliphatic carbocycles. The number of hydrazone groups is 1. The van der Waals surface area contributed by atoms with E-state index in [1.54, 1.807) is 36.0 Å². The number of hydrogen-bond acceptors (Lipinski definition) is 7. The van der Waals surface area contributed by atoms with Crippen LogP contribution in [0.1, 0.15) is 53.7 Å². The molecule has 33 heavy (non-hydrogen) atoms. The first-order valence-electron chi connectivity index (χ1n) is 11.2. The second kappa shape index (κ2) is 8.15. The van der Waals surface area contributed by atoms with Crippen LogP contribution >= 0.6 is 11.3 Å². The molecule has 0 bridgehead atoms. The molecule has 1 aliphatic heterocycles. The van der Waals surface area contributed by atoms with Gasteiger partial charge in [0.05, 0.1) is 24.2 Å². The van der Waals surface area contributed by atoms with Gasteiger partial charge in [0.1, 0.15) is 34.6 Å². The number of nitrogens with zero attached hydrogens (tertiary/aromatic N) is 4. The molecule has 0 N–H and O–H groups in total. The second-order valence-corrected chi connectivity index (χ2v) is 9.50. The molecule has 0 aromatic carbocycles. The van der Waals surface area contributed by atoms with Gasteiger partial charge in [-0.15, -0.1) is 11.3 Å². The monoisotopic (exact) mass is 462 g/mol. The van der Waals surface area contributed by atoms with Crippen molar-refractivity contribution in [3.05, 3.63) is 75.4 Å². The number of carbonyl (C=O) groups excluding carboxylic acids is 1. The van der Waals surface area contributed by atoms with Gasteiger partial charge in [0.15, 0.2) is 0 Å². The van der Waals surface area contributed by atoms with Crippen molar-refractivity contribution >= 4 is 33.2 Å². The van der Waals surface area contributed by atoms with Gasteiger partial charge in [-0.2, -0.15) is 5.10 Å². The maximum Gasteiger partial charge on any atom is 0.263 e. The van der Waals surface area contributed by atoms with Crippen molar-refractivity contribution in [2.24, 2.45) is 5.10 Å². The first-order valence-corrected chi connectivity index (χ1v) is 12.0. The summed E-state index contributed by atoms with van der Waals surface area (Å²) in [5.41, 5.74) is 1.63. The topological polar surface area (TPSA) is 93.8 Å². The normalized spacial score (nSPS) is 18.4. The molecule has 0 fully saturated rings. The van der Waals surface area contributed by atoms with E-state index in [1.165, 1.54) is 27.2 Å². The maximum absolute atomic E-state index is 13.4. The zero-order chi connectivity index (χ0) is 22.4. The third-order valence-corrected chi connectivity index (χ3v) is 7.54. The fourth-order valence-corrected chi connectivity index (χ4v) is 5.94. The first kappa shape index (κ1) is 20.2. The summed E-state index contributed by atoms with van der Waals surface area (Å²) in [6.45, 7) is -0.140. The quantitative estimate of drug-likeness (QED) is 0.422. The number of rotatable bonds is 4. The maximum atomic E-state index is 13.4. The smallest absolute Gasteiger partial charge is 0.263 e. The van der Waals surface area contributed by atoms with E-state index in [0.29, 0.717) is 29.0 Å². The Kier molecular flexibility index (Phi) is 4.98. The molecule has 168 valence electrons. The molecule has 0 saturated carbocycles. The van der Waals surface area contributed by atoms with Crippen molar-refractivity contribution in [1.29, 1.82) is 0 Å². The molecular formula is C24H22N4O4S. The third-order valence-electron chi connectivity index (χ3n) is 6.34. The summed E-state index contributed by atoms with van der Waals surface area (Å²) >= 11 is 1.61. The Balaban J connectivity index is 1.34. The molecule has 0 radical (unpaired) electrons. The van der Waals surface area contributed by atoms with Crippen LogP contribution in [0.15, 0.2) is 61.8 Å². The van der Waals surface area contributed by atoms with E-state index >= 15 is 0 Å². The average molecular weight is 463 g/mol. The zero-order valence-electron chi connectivity index (χ0n) is 17.9. The summed E-state index contributed by atoms with van der Waals surface area (Å²) < 4.78 is 12.5. The van der Waals surface area contributed by atoms with Gasteiger partial charge in [-0.05, 0) is 55.5 Å². The minimum absolute atomic E-state index is 0.140. The molecule has 1 unspecified atom stereocenters. The molecule has 6 rings (SSSR count). The first-order chi connectivity index (χ1) is 16.2. The fraction of sp³-hybridized carbons (Fsp3) is 0.333. The molecule has 0 spiro atoms. The lowest BCUT2D eigenvalue weighted by atomic mass is 10.1. The molecule has 8 nitrogen and oxygen atoms in total. The van der Waals surface area contributed by atoms with Crippen LogP contribution in [0.3, 0.4) is 0 Å². The number of aromatic nitrogens is 2. The summed E-state index contributed by atoms with van der Waals surface area (Å²) in [6.07, 6.45) is 10.4. The standard InChI is InChI=1S/C24H22N4O4S/c29-21(28-17(19-8-5-11-32-19)12-16(26-28)18-7-4-10-31-18)13-27-14-25-23-22(24(27)30)15-6-2-1-3-9-20(15)33-23/h4-5,7-8,10-11,14,17H,1-3,6,9,12-13H2. The molecular weight excluding hydrogens is 440 g/mol. The Morgan fingerprint density at radius 2 is 1.97 bits per heavy atom. The van der Waals surface area contributed by atoms with Crippen molar-refractivity contribution in [2.45, 2.75) is 51.1 Å². The van der Waals surface area contributed by atoms with Gasteiger partial charge in [-0.25, -0.2) is 9.99 Å². The van der Waals surface area contributed by atoms with Crippen molar-refractivity contribution in [3.8, 4) is 0 Å². The van der Waals surface area contributed by atoms with E-state index in [2.05, 4.69) is 10.1 Å². The van der Waals surface area contributed by atoms with Gasteiger partial charge >= 0.3 is 0 Å². The molecule has 1 atom stereocenters. The minimum atomic E-state index is -0.391. The fourth-order valence-electron chi connectivity index (χ4n) is 4.72. The molecule has 2 aliphatic rings. The summed E-state index contributed by atoms with van der Waals surface area (Å²) in [7, 11) is 0. The van der Waals surface area contributed by atoms with E-state index in [9.17, 15) is 9.59 Å². The van der Waals surface area contributed by atoms with Crippen LogP contribution in [-0.2, 0) is 24.2 Å².